The minimum absolute atomic E-state index is 0. The maximum atomic E-state index is 2.28. The van der Waals surface area contributed by atoms with Gasteiger partial charge in [0.1, 0.15) is 0 Å². The molecule has 90 valence electrons. The van der Waals surface area contributed by atoms with Crippen LogP contribution < -0.4 is 0 Å². The zero-order valence-electron chi connectivity index (χ0n) is 11.4. The van der Waals surface area contributed by atoms with Gasteiger partial charge in [0.15, 0.2) is 0 Å². The van der Waals surface area contributed by atoms with Gasteiger partial charge in [0.2, 0.25) is 0 Å². The number of unbranched alkanes of at least 4 members (excludes halogenated alkanes) is 7. The van der Waals surface area contributed by atoms with Gasteiger partial charge in [0.25, 0.3) is 0 Å². The molecule has 1 nitrogen and oxygen atoms in total. The Labute approximate surface area is 99.4 Å². The molecule has 0 amide bonds. The monoisotopic (exact) mass is 211 g/mol. The summed E-state index contributed by atoms with van der Waals surface area (Å²) in [5, 5.41) is 0. The van der Waals surface area contributed by atoms with Gasteiger partial charge in [-0.15, -0.1) is 0 Å². The van der Waals surface area contributed by atoms with Crippen LogP contribution in [0.1, 0.15) is 58.3 Å². The van der Waals surface area contributed by atoms with Crippen molar-refractivity contribution in [3.8, 4) is 0 Å². The van der Waals surface area contributed by atoms with Crippen LogP contribution >= 0.6 is 0 Å². The molecule has 4 radical (unpaired) electrons. The van der Waals surface area contributed by atoms with E-state index in [1.165, 1.54) is 57.9 Å². The largest absolute Gasteiger partial charge is 1.00 e. The zero-order chi connectivity index (χ0) is 10.9. The van der Waals surface area contributed by atoms with Gasteiger partial charge < -0.3 is 12.9 Å². The third-order valence-corrected chi connectivity index (χ3v) is 2.68. The predicted octanol–water partition coefficient (Wildman–Crippen LogP) is 3.45. The lowest BCUT2D eigenvalue weighted by Gasteiger charge is -2.23. The number of rotatable bonds is 9. The summed E-state index contributed by atoms with van der Waals surface area (Å²) in [5.74, 6) is 0. The molecule has 0 aromatic heterocycles. The van der Waals surface area contributed by atoms with E-state index >= 15 is 0 Å². The van der Waals surface area contributed by atoms with Crippen molar-refractivity contribution in [2.75, 3.05) is 27.7 Å². The molecule has 2 heteroatoms. The molecule has 0 rings (SSSR count). The summed E-state index contributed by atoms with van der Waals surface area (Å²) in [5.41, 5.74) is 0. The fraction of sp³-hybridized carbons (Fsp3) is 1.00. The van der Waals surface area contributed by atoms with E-state index in [1.807, 2.05) is 0 Å². The minimum atomic E-state index is 0. The van der Waals surface area contributed by atoms with Crippen LogP contribution in [0.4, 0.5) is 0 Å². The van der Waals surface area contributed by atoms with Crippen LogP contribution in [0.15, 0.2) is 0 Å². The van der Waals surface area contributed by atoms with Gasteiger partial charge in [-0.25, -0.2) is 0 Å². The van der Waals surface area contributed by atoms with Gasteiger partial charge in [0, 0.05) is 0 Å². The Balaban J connectivity index is 0. The molecule has 0 aromatic carbocycles. The van der Waals surface area contributed by atoms with Crippen molar-refractivity contribution in [2.45, 2.75) is 58.3 Å². The number of hydrogen-bond donors (Lipinski definition) is 0. The molecule has 0 bridgehead atoms. The van der Waals surface area contributed by atoms with Gasteiger partial charge in [-0.2, -0.15) is 0 Å². The van der Waals surface area contributed by atoms with E-state index in [1.54, 1.807) is 0 Å². The summed E-state index contributed by atoms with van der Waals surface area (Å²) in [4.78, 5) is 0. The van der Waals surface area contributed by atoms with E-state index in [9.17, 15) is 0 Å². The average Bonchev–Trinajstić information content (AvgIpc) is 2.08. The quantitative estimate of drug-likeness (QED) is 0.311. The van der Waals surface area contributed by atoms with E-state index in [0.717, 1.165) is 4.48 Å². The minimum Gasteiger partial charge on any atom is -1.00 e. The standard InChI is InChI=1S/C13H30N.B/c1-5-6-7-8-9-10-11-12-13-14(2,3)4;/h5-13H2,1-4H3;/q+1;-1. The fourth-order valence-corrected chi connectivity index (χ4v) is 1.72. The van der Waals surface area contributed by atoms with Gasteiger partial charge in [-0.05, 0) is 12.8 Å². The molecule has 0 unspecified atom stereocenters. The smallest absolute Gasteiger partial charge is 0.0780 e. The van der Waals surface area contributed by atoms with Crippen molar-refractivity contribution in [1.29, 1.82) is 0 Å². The molecule has 0 fully saturated rings. The first-order valence-corrected chi connectivity index (χ1v) is 6.36. The Morgan fingerprint density at radius 2 is 1.07 bits per heavy atom. The van der Waals surface area contributed by atoms with Gasteiger partial charge >= 0.3 is 0 Å². The highest BCUT2D eigenvalue weighted by molar-refractivity contribution is 5.75. The molecule has 0 aromatic rings. The van der Waals surface area contributed by atoms with Crippen LogP contribution in [0.5, 0.6) is 0 Å². The lowest BCUT2D eigenvalue weighted by molar-refractivity contribution is -0.870. The second-order valence-corrected chi connectivity index (χ2v) is 5.49. The Morgan fingerprint density at radius 1 is 0.667 bits per heavy atom. The maximum absolute atomic E-state index is 2.28. The zero-order valence-corrected chi connectivity index (χ0v) is 11.4. The highest BCUT2D eigenvalue weighted by Crippen LogP contribution is 2.09. The van der Waals surface area contributed by atoms with Crippen molar-refractivity contribution >= 4 is 8.41 Å². The summed E-state index contributed by atoms with van der Waals surface area (Å²) in [7, 11) is 6.84. The SMILES string of the molecule is CCCCCCCCCC[N+](C)(C)C.[B-]. The summed E-state index contributed by atoms with van der Waals surface area (Å²) in [6.07, 6.45) is 11.4. The fourth-order valence-electron chi connectivity index (χ4n) is 1.72. The first-order chi connectivity index (χ1) is 6.56. The summed E-state index contributed by atoms with van der Waals surface area (Å²) in [6.45, 7) is 3.61. The van der Waals surface area contributed by atoms with Crippen molar-refractivity contribution in [3.63, 3.8) is 0 Å². The maximum Gasteiger partial charge on any atom is 0.0780 e. The third kappa shape index (κ3) is 16.7. The lowest BCUT2D eigenvalue weighted by Crippen LogP contribution is -2.35. The second kappa shape index (κ2) is 10.5. The van der Waals surface area contributed by atoms with Crippen LogP contribution in [-0.2, 0) is 0 Å². The van der Waals surface area contributed by atoms with Crippen molar-refractivity contribution in [2.24, 2.45) is 0 Å². The molecule has 0 spiro atoms. The highest BCUT2D eigenvalue weighted by Gasteiger charge is 2.04. The second-order valence-electron chi connectivity index (χ2n) is 5.49. The molecular formula is C13H30BN. The molecule has 0 atom stereocenters. The van der Waals surface area contributed by atoms with Crippen molar-refractivity contribution in [1.82, 2.24) is 0 Å². The number of quaternary nitrogens is 1. The third-order valence-electron chi connectivity index (χ3n) is 2.68. The van der Waals surface area contributed by atoms with Crippen molar-refractivity contribution in [3.05, 3.63) is 0 Å². The van der Waals surface area contributed by atoms with Crippen molar-refractivity contribution < 1.29 is 4.48 Å². The van der Waals surface area contributed by atoms with Crippen LogP contribution in [0.2, 0.25) is 0 Å². The molecule has 0 saturated heterocycles. The molecule has 0 aliphatic heterocycles. The molecule has 0 heterocycles. The van der Waals surface area contributed by atoms with E-state index in [-0.39, 0.29) is 8.41 Å². The van der Waals surface area contributed by atoms with Crippen LogP contribution in [-0.4, -0.2) is 40.6 Å². The van der Waals surface area contributed by atoms with Crippen LogP contribution in [0, 0.1) is 0 Å². The first-order valence-electron chi connectivity index (χ1n) is 6.36. The Hall–Kier alpha value is 0.0249. The molecule has 0 N–H and O–H groups in total. The Kier molecular flexibility index (Phi) is 12.2. The summed E-state index contributed by atoms with van der Waals surface area (Å²) >= 11 is 0. The molecule has 0 aliphatic carbocycles. The molecular weight excluding hydrogens is 181 g/mol. The van der Waals surface area contributed by atoms with Gasteiger partial charge in [-0.3, -0.25) is 0 Å². The topological polar surface area (TPSA) is 0 Å². The van der Waals surface area contributed by atoms with E-state index in [2.05, 4.69) is 28.1 Å². The Morgan fingerprint density at radius 3 is 1.47 bits per heavy atom. The number of hydrogen-bond acceptors (Lipinski definition) is 0. The van der Waals surface area contributed by atoms with Crippen LogP contribution in [0.25, 0.3) is 0 Å². The average molecular weight is 211 g/mol. The summed E-state index contributed by atoms with van der Waals surface area (Å²) in [6, 6.07) is 0. The molecule has 0 saturated carbocycles. The molecule has 0 aliphatic rings. The van der Waals surface area contributed by atoms with Crippen LogP contribution in [0.3, 0.4) is 0 Å². The van der Waals surface area contributed by atoms with E-state index in [4.69, 9.17) is 0 Å². The predicted molar refractivity (Wildman–Crippen MR) is 71.3 cm³/mol. The normalized spacial score (nSPS) is 11.2. The Bertz CT molecular complexity index is 118. The molecule has 15 heavy (non-hydrogen) atoms. The number of nitrogens with zero attached hydrogens (tertiary/aromatic N) is 1. The van der Waals surface area contributed by atoms with Gasteiger partial charge in [-0.1, -0.05) is 45.4 Å². The lowest BCUT2D eigenvalue weighted by atomic mass is 10.1. The van der Waals surface area contributed by atoms with E-state index < -0.39 is 0 Å². The highest BCUT2D eigenvalue weighted by atomic mass is 15.3. The van der Waals surface area contributed by atoms with Gasteiger partial charge in [0.05, 0.1) is 27.7 Å². The first kappa shape index (κ1) is 17.4. The summed E-state index contributed by atoms with van der Waals surface area (Å²) < 4.78 is 1.12. The van der Waals surface area contributed by atoms with E-state index in [0.29, 0.717) is 0 Å².